The van der Waals surface area contributed by atoms with Gasteiger partial charge in [0.25, 0.3) is 5.91 Å². The average Bonchev–Trinajstić information content (AvgIpc) is 3.06. The monoisotopic (exact) mass is 572 g/mol. The lowest BCUT2D eigenvalue weighted by Crippen LogP contribution is -2.34. The van der Waals surface area contributed by atoms with Crippen LogP contribution in [0.2, 0.25) is 0 Å². The molecular formula is C25H31ClF2N4O3S2. The molecule has 0 aliphatic carbocycles. The summed E-state index contributed by atoms with van der Waals surface area (Å²) in [5.41, 5.74) is 0.307. The predicted octanol–water partition coefficient (Wildman–Crippen LogP) is 5.16. The van der Waals surface area contributed by atoms with Gasteiger partial charge in [-0.15, -0.1) is 12.4 Å². The fraction of sp³-hybridized carbons (Fsp3) is 0.440. The molecule has 1 aliphatic rings. The van der Waals surface area contributed by atoms with Gasteiger partial charge in [0.2, 0.25) is 10.0 Å². The number of aromatic nitrogens is 1. The molecule has 37 heavy (non-hydrogen) atoms. The summed E-state index contributed by atoms with van der Waals surface area (Å²) in [6.45, 7) is 2.02. The maximum absolute atomic E-state index is 14.3. The molecule has 202 valence electrons. The minimum absolute atomic E-state index is 0. The molecule has 0 saturated carbocycles. The third-order valence-electron chi connectivity index (χ3n) is 6.17. The van der Waals surface area contributed by atoms with E-state index in [9.17, 15) is 22.0 Å². The van der Waals surface area contributed by atoms with Gasteiger partial charge in [0.1, 0.15) is 11.3 Å². The Morgan fingerprint density at radius 2 is 1.68 bits per heavy atom. The highest BCUT2D eigenvalue weighted by Gasteiger charge is 2.27. The van der Waals surface area contributed by atoms with Crippen LogP contribution in [0.4, 0.5) is 13.9 Å². The number of hydrogen-bond acceptors (Lipinski definition) is 6. The normalized spacial score (nSPS) is 14.9. The van der Waals surface area contributed by atoms with Gasteiger partial charge >= 0.3 is 0 Å². The van der Waals surface area contributed by atoms with Gasteiger partial charge in [-0.05, 0) is 70.2 Å². The van der Waals surface area contributed by atoms with Crippen molar-refractivity contribution in [3.05, 3.63) is 53.6 Å². The van der Waals surface area contributed by atoms with Gasteiger partial charge in [0, 0.05) is 31.3 Å². The van der Waals surface area contributed by atoms with Crippen LogP contribution in [0.5, 0.6) is 0 Å². The van der Waals surface area contributed by atoms with E-state index in [2.05, 4.69) is 4.98 Å². The maximum Gasteiger partial charge on any atom is 0.260 e. The van der Waals surface area contributed by atoms with E-state index in [0.717, 1.165) is 43.1 Å². The highest BCUT2D eigenvalue weighted by Crippen LogP contribution is 2.32. The number of fused-ring (bicyclic) bond motifs is 1. The fourth-order valence-electron chi connectivity index (χ4n) is 4.25. The second-order valence-electron chi connectivity index (χ2n) is 9.19. The summed E-state index contributed by atoms with van der Waals surface area (Å²) in [5, 5.41) is 0.263. The van der Waals surface area contributed by atoms with Crippen LogP contribution in [-0.4, -0.2) is 68.8 Å². The van der Waals surface area contributed by atoms with E-state index in [4.69, 9.17) is 0 Å². The van der Waals surface area contributed by atoms with E-state index < -0.39 is 21.7 Å². The van der Waals surface area contributed by atoms with Crippen molar-refractivity contribution in [2.24, 2.45) is 0 Å². The molecule has 2 aromatic carbocycles. The molecule has 1 saturated heterocycles. The van der Waals surface area contributed by atoms with Gasteiger partial charge in [0.15, 0.2) is 10.9 Å². The average molecular weight is 573 g/mol. The summed E-state index contributed by atoms with van der Waals surface area (Å²) in [4.78, 5) is 21.4. The lowest BCUT2D eigenvalue weighted by Gasteiger charge is -2.22. The molecule has 12 heteroatoms. The lowest BCUT2D eigenvalue weighted by atomic mass is 10.2. The topological polar surface area (TPSA) is 73.8 Å². The third kappa shape index (κ3) is 6.83. The van der Waals surface area contributed by atoms with Crippen LogP contribution in [0.25, 0.3) is 10.2 Å². The lowest BCUT2D eigenvalue weighted by molar-refractivity contribution is 0.0986. The van der Waals surface area contributed by atoms with Gasteiger partial charge < -0.3 is 4.90 Å². The van der Waals surface area contributed by atoms with Crippen molar-refractivity contribution in [2.45, 2.75) is 37.0 Å². The Bertz CT molecular complexity index is 1330. The second kappa shape index (κ2) is 12.6. The number of rotatable bonds is 8. The Balaban J connectivity index is 0.00000380. The first-order valence-corrected chi connectivity index (χ1v) is 14.2. The minimum atomic E-state index is -3.63. The first-order valence-electron chi connectivity index (χ1n) is 12.0. The van der Waals surface area contributed by atoms with Crippen molar-refractivity contribution in [3.63, 3.8) is 0 Å². The number of carbonyl (C=O) groups is 1. The molecule has 1 amide bonds. The highest BCUT2D eigenvalue weighted by atomic mass is 35.5. The van der Waals surface area contributed by atoms with Crippen molar-refractivity contribution in [1.82, 2.24) is 14.2 Å². The van der Waals surface area contributed by atoms with Crippen LogP contribution in [0, 0.1) is 11.6 Å². The molecule has 0 atom stereocenters. The molecule has 0 bridgehead atoms. The molecule has 2 heterocycles. The number of sulfonamides is 1. The molecule has 0 radical (unpaired) electrons. The maximum atomic E-state index is 14.3. The van der Waals surface area contributed by atoms with Crippen molar-refractivity contribution < 1.29 is 22.0 Å². The van der Waals surface area contributed by atoms with Crippen LogP contribution >= 0.6 is 23.7 Å². The molecule has 3 aromatic rings. The molecule has 1 fully saturated rings. The zero-order valence-electron chi connectivity index (χ0n) is 20.8. The molecule has 4 rings (SSSR count). The number of halogens is 3. The van der Waals surface area contributed by atoms with Crippen molar-refractivity contribution in [1.29, 1.82) is 0 Å². The van der Waals surface area contributed by atoms with Gasteiger partial charge in [0.05, 0.1) is 9.60 Å². The van der Waals surface area contributed by atoms with Gasteiger partial charge in [-0.1, -0.05) is 24.2 Å². The van der Waals surface area contributed by atoms with Gasteiger partial charge in [-0.25, -0.2) is 22.2 Å². The number of hydrogen-bond donors (Lipinski definition) is 0. The van der Waals surface area contributed by atoms with Crippen molar-refractivity contribution in [3.8, 4) is 0 Å². The standard InChI is InChI=1S/C25H30F2N4O3S2.ClH/c1-29(2)12-7-15-31(25-28-23-21(27)16-19(26)17-22(23)35-25)24(32)18-8-10-20(11-9-18)36(33,34)30-13-5-3-4-6-14-30;/h8-11,16-17H,3-7,12-15H2,1-2H3;1H. The molecule has 1 aliphatic heterocycles. The van der Waals surface area contributed by atoms with Crippen LogP contribution in [-0.2, 0) is 10.0 Å². The SMILES string of the molecule is CN(C)CCCN(C(=O)c1ccc(S(=O)(=O)N2CCCCCC2)cc1)c1nc2c(F)cc(F)cc2s1.Cl. The van der Waals surface area contributed by atoms with Crippen LogP contribution in [0.3, 0.4) is 0 Å². The summed E-state index contributed by atoms with van der Waals surface area (Å²) in [7, 11) is 0.210. The predicted molar refractivity (Wildman–Crippen MR) is 145 cm³/mol. The Kier molecular flexibility index (Phi) is 9.99. The van der Waals surface area contributed by atoms with E-state index in [0.29, 0.717) is 42.9 Å². The van der Waals surface area contributed by atoms with E-state index in [1.54, 1.807) is 0 Å². The molecule has 0 spiro atoms. The Hall–Kier alpha value is -2.18. The Morgan fingerprint density at radius 1 is 1.03 bits per heavy atom. The number of benzene rings is 2. The van der Waals surface area contributed by atoms with Crippen LogP contribution in [0.15, 0.2) is 41.3 Å². The number of carbonyl (C=O) groups excluding carboxylic acids is 1. The van der Waals surface area contributed by atoms with E-state index in [1.807, 2.05) is 19.0 Å². The van der Waals surface area contributed by atoms with Crippen LogP contribution in [0.1, 0.15) is 42.5 Å². The third-order valence-corrected chi connectivity index (χ3v) is 9.11. The Labute approximate surface area is 226 Å². The number of anilines is 1. The largest absolute Gasteiger partial charge is 0.309 e. The van der Waals surface area contributed by atoms with Crippen molar-refractivity contribution >= 4 is 55.0 Å². The van der Waals surface area contributed by atoms with Crippen LogP contribution < -0.4 is 4.90 Å². The van der Waals surface area contributed by atoms with Gasteiger partial charge in [-0.3, -0.25) is 9.69 Å². The smallest absolute Gasteiger partial charge is 0.260 e. The second-order valence-corrected chi connectivity index (χ2v) is 12.1. The molecular weight excluding hydrogens is 542 g/mol. The quantitative estimate of drug-likeness (QED) is 0.373. The fourth-order valence-corrected chi connectivity index (χ4v) is 6.79. The molecule has 0 unspecified atom stereocenters. The number of amides is 1. The number of nitrogens with zero attached hydrogens (tertiary/aromatic N) is 4. The summed E-state index contributed by atoms with van der Waals surface area (Å²) in [5.74, 6) is -1.87. The summed E-state index contributed by atoms with van der Waals surface area (Å²) >= 11 is 1.04. The summed E-state index contributed by atoms with van der Waals surface area (Å²) < 4.78 is 56.0. The zero-order valence-corrected chi connectivity index (χ0v) is 23.3. The zero-order chi connectivity index (χ0) is 25.9. The minimum Gasteiger partial charge on any atom is -0.309 e. The van der Waals surface area contributed by atoms with Crippen molar-refractivity contribution in [2.75, 3.05) is 45.2 Å². The van der Waals surface area contributed by atoms with Gasteiger partial charge in [-0.2, -0.15) is 4.31 Å². The first kappa shape index (κ1) is 29.4. The van der Waals surface area contributed by atoms with E-state index in [1.165, 1.54) is 39.5 Å². The first-order chi connectivity index (χ1) is 17.2. The molecule has 0 N–H and O–H groups in total. The molecule has 1 aromatic heterocycles. The Morgan fingerprint density at radius 3 is 2.30 bits per heavy atom. The highest BCUT2D eigenvalue weighted by molar-refractivity contribution is 7.89. The van der Waals surface area contributed by atoms with E-state index in [-0.39, 0.29) is 33.9 Å². The number of thiazole rings is 1. The van der Waals surface area contributed by atoms with E-state index >= 15 is 0 Å². The molecule has 7 nitrogen and oxygen atoms in total. The summed E-state index contributed by atoms with van der Waals surface area (Å²) in [6, 6.07) is 7.88. The summed E-state index contributed by atoms with van der Waals surface area (Å²) in [6.07, 6.45) is 4.35.